The molecular weight excluding hydrogens is 364 g/mol. The highest BCUT2D eigenvalue weighted by Gasteiger charge is 2.24. The summed E-state index contributed by atoms with van der Waals surface area (Å²) in [6.07, 6.45) is 0. The van der Waals surface area contributed by atoms with E-state index in [-0.39, 0.29) is 5.78 Å². The van der Waals surface area contributed by atoms with Gasteiger partial charge in [0.2, 0.25) is 5.78 Å². The minimum Gasteiger partial charge on any atom is -0.310 e. The van der Waals surface area contributed by atoms with E-state index in [0.717, 1.165) is 27.2 Å². The smallest absolute Gasteiger partial charge is 0.212 e. The molecule has 0 fully saturated rings. The number of allylic oxidation sites excluding steroid dienone is 1. The minimum atomic E-state index is -0.0729. The maximum Gasteiger partial charge on any atom is 0.212 e. The van der Waals surface area contributed by atoms with Crippen molar-refractivity contribution in [1.82, 2.24) is 4.72 Å². The predicted molar refractivity (Wildman–Crippen MR) is 117 cm³/mol. The third kappa shape index (κ3) is 3.64. The van der Waals surface area contributed by atoms with Gasteiger partial charge >= 0.3 is 0 Å². The molecule has 1 N–H and O–H groups in total. The third-order valence-electron chi connectivity index (χ3n) is 4.62. The molecule has 0 unspecified atom stereocenters. The van der Waals surface area contributed by atoms with Gasteiger partial charge in [0.1, 0.15) is 11.5 Å². The molecule has 0 atom stereocenters. The lowest BCUT2D eigenvalue weighted by Gasteiger charge is -2.21. The van der Waals surface area contributed by atoms with Crippen LogP contribution in [0.25, 0.3) is 4.91 Å². The maximum absolute atomic E-state index is 13.3. The van der Waals surface area contributed by atoms with E-state index in [4.69, 9.17) is 4.99 Å². The Labute approximate surface area is 169 Å². The average Bonchev–Trinajstić information content (AvgIpc) is 2.76. The van der Waals surface area contributed by atoms with Gasteiger partial charge in [-0.15, -0.1) is 0 Å². The zero-order chi connectivity index (χ0) is 19.5. The quantitative estimate of drug-likeness (QED) is 0.473. The number of hydrogen-bond acceptors (Lipinski definition) is 4. The van der Waals surface area contributed by atoms with Crippen molar-refractivity contribution in [1.29, 1.82) is 0 Å². The van der Waals surface area contributed by atoms with Crippen LogP contribution in [0.1, 0.15) is 32.6 Å². The number of carbonyl (C=O) groups is 1. The molecule has 4 heteroatoms. The van der Waals surface area contributed by atoms with Crippen molar-refractivity contribution < 1.29 is 4.79 Å². The second-order valence-electron chi connectivity index (χ2n) is 6.72. The molecular formula is C24H20N2OS. The van der Waals surface area contributed by atoms with Crippen LogP contribution >= 0.6 is 11.9 Å². The summed E-state index contributed by atoms with van der Waals surface area (Å²) in [5.41, 5.74) is 5.37. The van der Waals surface area contributed by atoms with Crippen molar-refractivity contribution in [3.05, 3.63) is 112 Å². The van der Waals surface area contributed by atoms with Crippen LogP contribution in [0.15, 0.2) is 89.6 Å². The molecule has 0 radical (unpaired) electrons. The number of aryl methyl sites for hydroxylation is 2. The van der Waals surface area contributed by atoms with Crippen molar-refractivity contribution in [2.45, 2.75) is 13.8 Å². The zero-order valence-corrected chi connectivity index (χ0v) is 16.6. The Morgan fingerprint density at radius 3 is 2.29 bits per heavy atom. The maximum atomic E-state index is 13.3. The normalized spacial score (nSPS) is 13.7. The fourth-order valence-electron chi connectivity index (χ4n) is 3.10. The van der Waals surface area contributed by atoms with Crippen molar-refractivity contribution in [2.24, 2.45) is 4.99 Å². The van der Waals surface area contributed by atoms with Gasteiger partial charge in [0, 0.05) is 11.1 Å². The number of nitrogens with one attached hydrogen (secondary N) is 1. The predicted octanol–water partition coefficient (Wildman–Crippen LogP) is 5.55. The summed E-state index contributed by atoms with van der Waals surface area (Å²) >= 11 is 1.44. The number of nitrogens with zero attached hydrogens (tertiary/aromatic N) is 1. The van der Waals surface area contributed by atoms with Gasteiger partial charge in [-0.25, -0.2) is 4.99 Å². The molecule has 3 nitrogen and oxygen atoms in total. The Balaban J connectivity index is 1.87. The summed E-state index contributed by atoms with van der Waals surface area (Å²) < 4.78 is 3.34. The monoisotopic (exact) mass is 384 g/mol. The molecule has 0 aliphatic carbocycles. The molecule has 1 heterocycles. The fourth-order valence-corrected chi connectivity index (χ4v) is 3.95. The van der Waals surface area contributed by atoms with Crippen LogP contribution in [0.5, 0.6) is 0 Å². The van der Waals surface area contributed by atoms with E-state index in [2.05, 4.69) is 36.8 Å². The van der Waals surface area contributed by atoms with E-state index >= 15 is 0 Å². The number of carbonyl (C=O) groups excluding carboxylic acids is 1. The summed E-state index contributed by atoms with van der Waals surface area (Å²) in [5, 5.41) is 0. The molecule has 0 aromatic heterocycles. The number of ketones is 1. The number of benzene rings is 3. The molecule has 1 aliphatic rings. The molecule has 0 bridgehead atoms. The van der Waals surface area contributed by atoms with E-state index in [1.807, 2.05) is 60.7 Å². The first-order valence-corrected chi connectivity index (χ1v) is 9.94. The van der Waals surface area contributed by atoms with E-state index in [1.165, 1.54) is 11.9 Å². The lowest BCUT2D eigenvalue weighted by atomic mass is 10.0. The van der Waals surface area contributed by atoms with E-state index in [0.29, 0.717) is 17.1 Å². The largest absolute Gasteiger partial charge is 0.310 e. The van der Waals surface area contributed by atoms with Gasteiger partial charge in [-0.05, 0) is 43.0 Å². The van der Waals surface area contributed by atoms with Crippen molar-refractivity contribution >= 4 is 28.5 Å². The summed E-state index contributed by atoms with van der Waals surface area (Å²) in [6.45, 7) is 4.11. The number of Topliss-reactive ketones (excluding diaryl/α,β-unsaturated/α-hetero) is 1. The van der Waals surface area contributed by atoms with Gasteiger partial charge in [-0.2, -0.15) is 0 Å². The Bertz CT molecular complexity index is 1090. The van der Waals surface area contributed by atoms with E-state index in [9.17, 15) is 4.79 Å². The molecule has 0 saturated heterocycles. The summed E-state index contributed by atoms with van der Waals surface area (Å²) in [4.78, 5) is 18.9. The zero-order valence-electron chi connectivity index (χ0n) is 15.8. The highest BCUT2D eigenvalue weighted by atomic mass is 32.2. The SMILES string of the molecule is Cc1ccc(C)c(C2=NC(C(=O)c3ccccc3)=C(c3ccccc3)SN2)c1. The van der Waals surface area contributed by atoms with Crippen LogP contribution in [0.4, 0.5) is 0 Å². The average molecular weight is 385 g/mol. The van der Waals surface area contributed by atoms with Crippen molar-refractivity contribution in [2.75, 3.05) is 0 Å². The van der Waals surface area contributed by atoms with Gasteiger partial charge < -0.3 is 4.72 Å². The second-order valence-corrected chi connectivity index (χ2v) is 7.54. The van der Waals surface area contributed by atoms with Crippen LogP contribution in [0, 0.1) is 13.8 Å². The van der Waals surface area contributed by atoms with Crippen LogP contribution in [0.2, 0.25) is 0 Å². The second kappa shape index (κ2) is 7.87. The highest BCUT2D eigenvalue weighted by Crippen LogP contribution is 2.35. The Morgan fingerprint density at radius 1 is 0.893 bits per heavy atom. The topological polar surface area (TPSA) is 41.5 Å². The molecule has 3 aromatic carbocycles. The van der Waals surface area contributed by atoms with Gasteiger partial charge in [0.05, 0.1) is 4.91 Å². The first-order chi connectivity index (χ1) is 13.6. The first-order valence-electron chi connectivity index (χ1n) is 9.12. The number of aliphatic imine (C=N–C) groups is 1. The molecule has 0 saturated carbocycles. The summed E-state index contributed by atoms with van der Waals surface area (Å²) in [5.74, 6) is 0.640. The number of rotatable bonds is 4. The molecule has 1 aliphatic heterocycles. The van der Waals surface area contributed by atoms with E-state index < -0.39 is 0 Å². The van der Waals surface area contributed by atoms with Gasteiger partial charge in [0.15, 0.2) is 0 Å². The summed E-state index contributed by atoms with van der Waals surface area (Å²) in [7, 11) is 0. The van der Waals surface area contributed by atoms with E-state index in [1.54, 1.807) is 0 Å². The fraction of sp³-hybridized carbons (Fsp3) is 0.0833. The number of amidine groups is 1. The Kier molecular flexibility index (Phi) is 5.13. The van der Waals surface area contributed by atoms with Crippen molar-refractivity contribution in [3.63, 3.8) is 0 Å². The molecule has 28 heavy (non-hydrogen) atoms. The van der Waals surface area contributed by atoms with Gasteiger partial charge in [-0.3, -0.25) is 4.79 Å². The highest BCUT2D eigenvalue weighted by molar-refractivity contribution is 8.07. The summed E-state index contributed by atoms with van der Waals surface area (Å²) in [6, 6.07) is 25.5. The van der Waals surface area contributed by atoms with Gasteiger partial charge in [-0.1, -0.05) is 78.4 Å². The molecule has 4 rings (SSSR count). The molecule has 0 amide bonds. The Morgan fingerprint density at radius 2 is 1.57 bits per heavy atom. The Hall–Kier alpha value is -3.11. The lowest BCUT2D eigenvalue weighted by Crippen LogP contribution is -2.24. The van der Waals surface area contributed by atoms with Crippen LogP contribution in [-0.4, -0.2) is 11.6 Å². The first kappa shape index (κ1) is 18.3. The standard InChI is InChI=1S/C24H20N2OS/c1-16-13-14-17(2)20(15-16)24-25-21(22(27)18-9-5-3-6-10-18)23(28-26-24)19-11-7-4-8-12-19/h3-15H,1-2H3,(H,25,26). The van der Waals surface area contributed by atoms with Crippen LogP contribution in [-0.2, 0) is 0 Å². The molecule has 138 valence electrons. The van der Waals surface area contributed by atoms with Crippen LogP contribution in [0.3, 0.4) is 0 Å². The van der Waals surface area contributed by atoms with Crippen LogP contribution < -0.4 is 4.72 Å². The number of hydrogen-bond donors (Lipinski definition) is 1. The molecule has 3 aromatic rings. The molecule has 0 spiro atoms. The lowest BCUT2D eigenvalue weighted by molar-refractivity contribution is 0.103. The van der Waals surface area contributed by atoms with Crippen molar-refractivity contribution in [3.8, 4) is 0 Å². The minimum absolute atomic E-state index is 0.0729. The third-order valence-corrected chi connectivity index (χ3v) is 5.55. The van der Waals surface area contributed by atoms with Gasteiger partial charge in [0.25, 0.3) is 0 Å².